The van der Waals surface area contributed by atoms with Crippen molar-refractivity contribution in [2.75, 3.05) is 6.44 Å². The Labute approximate surface area is 58.9 Å². The van der Waals surface area contributed by atoms with Gasteiger partial charge in [-0.25, -0.2) is 0 Å². The fourth-order valence-corrected chi connectivity index (χ4v) is 0. The summed E-state index contributed by atoms with van der Waals surface area (Å²) in [5.74, 6) is 0. The number of rotatable bonds is 1. The van der Waals surface area contributed by atoms with Crippen molar-refractivity contribution in [1.82, 2.24) is 0 Å². The second kappa shape index (κ2) is 3.67. The van der Waals surface area contributed by atoms with Gasteiger partial charge in [0.2, 0.25) is 0 Å². The zero-order valence-electron chi connectivity index (χ0n) is 2.62. The van der Waals surface area contributed by atoms with E-state index in [9.17, 15) is 0 Å². The summed E-state index contributed by atoms with van der Waals surface area (Å²) in [6, 6.07) is 0. The van der Waals surface area contributed by atoms with Gasteiger partial charge in [-0.1, -0.05) is 0 Å². The van der Waals surface area contributed by atoms with Crippen LogP contribution >= 0.6 is 44.7 Å². The van der Waals surface area contributed by atoms with Crippen molar-refractivity contribution >= 4 is 47.2 Å². The zero-order valence-corrected chi connectivity index (χ0v) is 6.93. The van der Waals surface area contributed by atoms with Crippen LogP contribution in [0, 0.1) is 0 Å². The van der Waals surface area contributed by atoms with Gasteiger partial charge in [0.15, 0.2) is 0 Å². The molecular weight excluding hydrogens is 291 g/mol. The summed E-state index contributed by atoms with van der Waals surface area (Å²) < 4.78 is 0.602. The number of nitrogens with two attached hydrogens (primary N) is 1. The van der Waals surface area contributed by atoms with Gasteiger partial charge < -0.3 is 5.73 Å². The Kier molecular flexibility index (Phi) is 4.76. The van der Waals surface area contributed by atoms with Crippen LogP contribution in [0.4, 0.5) is 0 Å². The molecule has 5 heavy (non-hydrogen) atoms. The lowest BCUT2D eigenvalue weighted by molar-refractivity contribution is 1.38. The minimum atomic E-state index is 0.602. The lowest BCUT2D eigenvalue weighted by atomic mass is 10.2. The van der Waals surface area contributed by atoms with E-state index in [1.54, 1.807) is 0 Å². The van der Waals surface area contributed by atoms with Gasteiger partial charge in [-0.15, -0.1) is 44.7 Å². The van der Waals surface area contributed by atoms with Crippen molar-refractivity contribution in [1.29, 1.82) is 0 Å². The summed E-state index contributed by atoms with van der Waals surface area (Å²) in [6.07, 6.45) is 0.779. The van der Waals surface area contributed by atoms with Crippen LogP contribution in [0.3, 0.4) is 0 Å². The lowest BCUT2D eigenvalue weighted by Gasteiger charge is -1.80. The van der Waals surface area contributed by atoms with Gasteiger partial charge in [-0.2, -0.15) is 0 Å². The Bertz CT molecular complexity index is 23.6. The molecule has 0 aromatic carbocycles. The minimum absolute atomic E-state index is 0.602. The van der Waals surface area contributed by atoms with E-state index in [1.165, 1.54) is 0 Å². The third-order valence-corrected chi connectivity index (χ3v) is 1.20. The van der Waals surface area contributed by atoms with E-state index in [0.29, 0.717) is 2.43 Å². The Morgan fingerprint density at radius 3 is 1.80 bits per heavy atom. The van der Waals surface area contributed by atoms with Crippen LogP contribution in [0.15, 0.2) is 0 Å². The highest BCUT2D eigenvalue weighted by Crippen LogP contribution is 1.98. The van der Waals surface area contributed by atoms with Crippen LogP contribution in [-0.2, 0) is 0 Å². The van der Waals surface area contributed by atoms with Crippen LogP contribution in [0.5, 0.6) is 0 Å². The molecule has 2 N–H and O–H groups in total. The average Bonchev–Trinajstić information content (AvgIpc) is 1.38. The molecule has 0 radical (unpaired) electrons. The molecule has 0 saturated heterocycles. The molecule has 4 heteroatoms. The quantitative estimate of drug-likeness (QED) is 0.563. The molecular formula is CH4BI2N. The van der Waals surface area contributed by atoms with Gasteiger partial charge in [0.1, 0.15) is 0 Å². The van der Waals surface area contributed by atoms with Crippen molar-refractivity contribution in [3.05, 3.63) is 0 Å². The Morgan fingerprint density at radius 1 is 1.60 bits per heavy atom. The highest BCUT2D eigenvalue weighted by molar-refractivity contribution is 14.3. The molecule has 0 unspecified atom stereocenters. The van der Waals surface area contributed by atoms with E-state index in [4.69, 9.17) is 5.73 Å². The van der Waals surface area contributed by atoms with Crippen LogP contribution in [0.25, 0.3) is 0 Å². The molecule has 0 amide bonds. The van der Waals surface area contributed by atoms with E-state index in [1.807, 2.05) is 0 Å². The maximum atomic E-state index is 5.16. The van der Waals surface area contributed by atoms with Crippen LogP contribution in [0.2, 0.25) is 0 Å². The first-order chi connectivity index (χ1) is 2.27. The Morgan fingerprint density at radius 2 is 1.80 bits per heavy atom. The van der Waals surface area contributed by atoms with Crippen molar-refractivity contribution < 1.29 is 0 Å². The van der Waals surface area contributed by atoms with Crippen molar-refractivity contribution in [3.8, 4) is 0 Å². The summed E-state index contributed by atoms with van der Waals surface area (Å²) in [6.45, 7) is 0. The largest absolute Gasteiger partial charge is 0.336 e. The molecule has 0 aliphatic carbocycles. The third-order valence-electron chi connectivity index (χ3n) is 0.178. The molecule has 1 nitrogen and oxygen atoms in total. The number of halogens is 2. The van der Waals surface area contributed by atoms with E-state index in [2.05, 4.69) is 44.7 Å². The second-order valence-electron chi connectivity index (χ2n) is 0.627. The molecule has 0 spiro atoms. The van der Waals surface area contributed by atoms with E-state index >= 15 is 0 Å². The zero-order chi connectivity index (χ0) is 4.28. The highest BCUT2D eigenvalue weighted by Gasteiger charge is 1.94. The van der Waals surface area contributed by atoms with Crippen LogP contribution in [0.1, 0.15) is 0 Å². The first-order valence-electron chi connectivity index (χ1n) is 1.25. The standard InChI is InChI=1S/CH4BI2N/c3-2(4)1-5/h1,5H2. The summed E-state index contributed by atoms with van der Waals surface area (Å²) >= 11 is 4.54. The van der Waals surface area contributed by atoms with E-state index in [-0.39, 0.29) is 0 Å². The van der Waals surface area contributed by atoms with Gasteiger partial charge >= 0.3 is 2.43 Å². The van der Waals surface area contributed by atoms with E-state index in [0.717, 1.165) is 6.44 Å². The molecule has 0 bridgehead atoms. The smallest absolute Gasteiger partial charge is 0.302 e. The molecule has 0 aromatic rings. The van der Waals surface area contributed by atoms with Crippen LogP contribution < -0.4 is 5.73 Å². The monoisotopic (exact) mass is 295 g/mol. The summed E-state index contributed by atoms with van der Waals surface area (Å²) in [5, 5.41) is 0. The molecule has 0 saturated carbocycles. The number of hydrogen-bond donors (Lipinski definition) is 1. The molecule has 0 aliphatic heterocycles. The first-order valence-corrected chi connectivity index (χ1v) is 3.74. The van der Waals surface area contributed by atoms with Crippen molar-refractivity contribution in [2.45, 2.75) is 0 Å². The fourth-order valence-electron chi connectivity index (χ4n) is 0. The lowest BCUT2D eigenvalue weighted by Crippen LogP contribution is -2.09. The Balaban J connectivity index is 2.54. The predicted molar refractivity (Wildman–Crippen MR) is 42.8 cm³/mol. The molecule has 0 aromatic heterocycles. The molecule has 0 aliphatic rings. The van der Waals surface area contributed by atoms with Gasteiger partial charge in [0, 0.05) is 0 Å². The van der Waals surface area contributed by atoms with Crippen molar-refractivity contribution in [3.63, 3.8) is 0 Å². The van der Waals surface area contributed by atoms with Gasteiger partial charge in [0.25, 0.3) is 0 Å². The van der Waals surface area contributed by atoms with Crippen molar-refractivity contribution in [2.24, 2.45) is 5.73 Å². The van der Waals surface area contributed by atoms with Crippen LogP contribution in [-0.4, -0.2) is 8.87 Å². The normalized spacial score (nSPS) is 7.80. The fraction of sp³-hybridized carbons (Fsp3) is 1.00. The van der Waals surface area contributed by atoms with Gasteiger partial charge in [-0.05, 0) is 6.44 Å². The predicted octanol–water partition coefficient (Wildman–Crippen LogP) is 0.843. The molecule has 0 atom stereocenters. The minimum Gasteiger partial charge on any atom is -0.336 e. The summed E-state index contributed by atoms with van der Waals surface area (Å²) in [7, 11) is 0. The second-order valence-corrected chi connectivity index (χ2v) is 6.02. The topological polar surface area (TPSA) is 26.0 Å². The van der Waals surface area contributed by atoms with Gasteiger partial charge in [0.05, 0.1) is 0 Å². The van der Waals surface area contributed by atoms with E-state index < -0.39 is 0 Å². The molecule has 30 valence electrons. The maximum Gasteiger partial charge on any atom is 0.302 e. The summed E-state index contributed by atoms with van der Waals surface area (Å²) in [4.78, 5) is 0. The SMILES string of the molecule is NCB(I)I. The first kappa shape index (κ1) is 6.48. The molecule has 0 heterocycles. The molecule has 0 rings (SSSR count). The molecule has 0 fully saturated rings. The number of hydrogen-bond acceptors (Lipinski definition) is 1. The Hall–Kier alpha value is 1.48. The summed E-state index contributed by atoms with van der Waals surface area (Å²) in [5.41, 5.74) is 5.16. The average molecular weight is 295 g/mol. The maximum absolute atomic E-state index is 5.16. The highest BCUT2D eigenvalue weighted by atomic mass is 127. The van der Waals surface area contributed by atoms with Gasteiger partial charge in [-0.3, -0.25) is 0 Å². The third kappa shape index (κ3) is 5.48.